The highest BCUT2D eigenvalue weighted by Crippen LogP contribution is 2.24. The van der Waals surface area contributed by atoms with Crippen molar-refractivity contribution in [2.24, 2.45) is 0 Å². The molecular weight excluding hydrogens is 281 g/mol. The zero-order chi connectivity index (χ0) is 15.3. The van der Waals surface area contributed by atoms with Crippen LogP contribution in [0, 0.1) is 19.7 Å². The molecule has 1 aromatic carbocycles. The predicted octanol–water partition coefficient (Wildman–Crippen LogP) is 2.23. The monoisotopic (exact) mass is 303 g/mol. The second-order valence-corrected chi connectivity index (χ2v) is 6.96. The summed E-state index contributed by atoms with van der Waals surface area (Å²) in [6.45, 7) is 3.70. The minimum atomic E-state index is -3.60. The Morgan fingerprint density at radius 2 is 1.70 bits per heavy atom. The summed E-state index contributed by atoms with van der Waals surface area (Å²) in [5.74, 6) is -0.426. The van der Waals surface area contributed by atoms with Crippen molar-refractivity contribution in [2.75, 3.05) is 20.2 Å². The molecular formula is C14H22FNO3S. The highest BCUT2D eigenvalue weighted by atomic mass is 32.2. The van der Waals surface area contributed by atoms with E-state index in [0.717, 1.165) is 6.42 Å². The molecule has 0 aliphatic heterocycles. The van der Waals surface area contributed by atoms with E-state index in [2.05, 4.69) is 0 Å². The van der Waals surface area contributed by atoms with E-state index in [-0.39, 0.29) is 11.5 Å². The van der Waals surface area contributed by atoms with E-state index in [9.17, 15) is 12.8 Å². The summed E-state index contributed by atoms with van der Waals surface area (Å²) in [6, 6.07) is 2.47. The van der Waals surface area contributed by atoms with Crippen molar-refractivity contribution in [3.63, 3.8) is 0 Å². The average molecular weight is 303 g/mol. The van der Waals surface area contributed by atoms with Crippen LogP contribution in [0.1, 0.15) is 30.4 Å². The summed E-state index contributed by atoms with van der Waals surface area (Å²) < 4.78 is 39.5. The molecule has 0 amide bonds. The van der Waals surface area contributed by atoms with Gasteiger partial charge in [-0.2, -0.15) is 0 Å². The molecule has 0 fully saturated rings. The molecule has 0 saturated carbocycles. The quantitative estimate of drug-likeness (QED) is 0.786. The number of benzene rings is 1. The van der Waals surface area contributed by atoms with Crippen LogP contribution in [0.2, 0.25) is 0 Å². The number of halogens is 1. The van der Waals surface area contributed by atoms with Crippen LogP contribution in [0.15, 0.2) is 17.0 Å². The molecule has 0 bridgehead atoms. The summed E-state index contributed by atoms with van der Waals surface area (Å²) in [7, 11) is -2.08. The molecule has 0 atom stereocenters. The van der Waals surface area contributed by atoms with Gasteiger partial charge >= 0.3 is 0 Å². The number of aliphatic hydroxyl groups excluding tert-OH is 1. The Kier molecular flexibility index (Phi) is 6.10. The van der Waals surface area contributed by atoms with Gasteiger partial charge in [0.15, 0.2) is 0 Å². The van der Waals surface area contributed by atoms with Crippen LogP contribution in [0.5, 0.6) is 0 Å². The van der Waals surface area contributed by atoms with Gasteiger partial charge in [-0.05, 0) is 56.4 Å². The van der Waals surface area contributed by atoms with Gasteiger partial charge in [-0.3, -0.25) is 0 Å². The van der Waals surface area contributed by atoms with Gasteiger partial charge < -0.3 is 5.11 Å². The standard InChI is InChI=1S/C14H22FNO3S/c1-11-9-13(15)10-12(2)14(11)20(18,19)16(3)7-5-4-6-8-17/h9-10,17H,4-8H2,1-3H3. The van der Waals surface area contributed by atoms with Crippen LogP contribution < -0.4 is 0 Å². The second-order valence-electron chi connectivity index (χ2n) is 4.98. The molecule has 4 nitrogen and oxygen atoms in total. The lowest BCUT2D eigenvalue weighted by Crippen LogP contribution is -2.29. The lowest BCUT2D eigenvalue weighted by Gasteiger charge is -2.20. The largest absolute Gasteiger partial charge is 0.396 e. The predicted molar refractivity (Wildman–Crippen MR) is 76.6 cm³/mol. The smallest absolute Gasteiger partial charge is 0.243 e. The van der Waals surface area contributed by atoms with Crippen molar-refractivity contribution >= 4 is 10.0 Å². The minimum absolute atomic E-state index is 0.118. The number of aliphatic hydroxyl groups is 1. The number of aryl methyl sites for hydroxylation is 2. The fourth-order valence-corrected chi connectivity index (χ4v) is 3.82. The highest BCUT2D eigenvalue weighted by Gasteiger charge is 2.24. The highest BCUT2D eigenvalue weighted by molar-refractivity contribution is 7.89. The minimum Gasteiger partial charge on any atom is -0.396 e. The van der Waals surface area contributed by atoms with E-state index in [1.165, 1.54) is 23.5 Å². The molecule has 0 aliphatic carbocycles. The Morgan fingerprint density at radius 3 is 2.20 bits per heavy atom. The van der Waals surface area contributed by atoms with E-state index in [1.807, 2.05) is 0 Å². The summed E-state index contributed by atoms with van der Waals surface area (Å²) >= 11 is 0. The van der Waals surface area contributed by atoms with Crippen molar-refractivity contribution in [1.82, 2.24) is 4.31 Å². The van der Waals surface area contributed by atoms with Gasteiger partial charge in [0.05, 0.1) is 4.90 Å². The van der Waals surface area contributed by atoms with Gasteiger partial charge in [0.2, 0.25) is 10.0 Å². The molecule has 0 spiro atoms. The van der Waals surface area contributed by atoms with Gasteiger partial charge in [-0.15, -0.1) is 0 Å². The van der Waals surface area contributed by atoms with E-state index < -0.39 is 15.8 Å². The first-order valence-corrected chi connectivity index (χ1v) is 8.08. The van der Waals surface area contributed by atoms with Crippen molar-refractivity contribution in [1.29, 1.82) is 0 Å². The average Bonchev–Trinajstić information content (AvgIpc) is 2.32. The lowest BCUT2D eigenvalue weighted by atomic mass is 10.1. The fourth-order valence-electron chi connectivity index (χ4n) is 2.20. The van der Waals surface area contributed by atoms with Crippen LogP contribution in [-0.4, -0.2) is 38.0 Å². The number of rotatable bonds is 7. The van der Waals surface area contributed by atoms with Crippen LogP contribution in [0.3, 0.4) is 0 Å². The SMILES string of the molecule is Cc1cc(F)cc(C)c1S(=O)(=O)N(C)CCCCCO. The number of hydrogen-bond donors (Lipinski definition) is 1. The van der Waals surface area contributed by atoms with Gasteiger partial charge in [0.25, 0.3) is 0 Å². The Hall–Kier alpha value is -0.980. The third kappa shape index (κ3) is 4.01. The second kappa shape index (κ2) is 7.15. The molecule has 20 heavy (non-hydrogen) atoms. The van der Waals surface area contributed by atoms with E-state index in [0.29, 0.717) is 30.5 Å². The molecule has 0 heterocycles. The molecule has 1 aromatic rings. The Bertz CT molecular complexity index is 535. The van der Waals surface area contributed by atoms with Crippen molar-refractivity contribution < 1.29 is 17.9 Å². The first-order valence-electron chi connectivity index (χ1n) is 6.64. The molecule has 0 saturated heterocycles. The maximum absolute atomic E-state index is 13.3. The third-order valence-electron chi connectivity index (χ3n) is 3.22. The molecule has 6 heteroatoms. The van der Waals surface area contributed by atoms with Gasteiger partial charge in [-0.1, -0.05) is 0 Å². The van der Waals surface area contributed by atoms with Crippen molar-refractivity contribution in [2.45, 2.75) is 38.0 Å². The molecule has 1 rings (SSSR count). The molecule has 1 N–H and O–H groups in total. The number of sulfonamides is 1. The summed E-state index contributed by atoms with van der Waals surface area (Å²) in [5, 5.41) is 8.70. The topological polar surface area (TPSA) is 57.6 Å². The van der Waals surface area contributed by atoms with Gasteiger partial charge in [0, 0.05) is 20.2 Å². The number of unbranched alkanes of at least 4 members (excludes halogenated alkanes) is 2. The van der Waals surface area contributed by atoms with Crippen LogP contribution in [0.4, 0.5) is 4.39 Å². The molecule has 0 aromatic heterocycles. The van der Waals surface area contributed by atoms with E-state index in [1.54, 1.807) is 13.8 Å². The summed E-state index contributed by atoms with van der Waals surface area (Å²) in [4.78, 5) is 0.184. The first-order chi connectivity index (χ1) is 9.30. The fraction of sp³-hybridized carbons (Fsp3) is 0.571. The number of nitrogens with zero attached hydrogens (tertiary/aromatic N) is 1. The Morgan fingerprint density at radius 1 is 1.15 bits per heavy atom. The van der Waals surface area contributed by atoms with Crippen LogP contribution in [0.25, 0.3) is 0 Å². The van der Waals surface area contributed by atoms with Crippen LogP contribution in [-0.2, 0) is 10.0 Å². The molecule has 0 radical (unpaired) electrons. The zero-order valence-corrected chi connectivity index (χ0v) is 13.0. The van der Waals surface area contributed by atoms with Crippen molar-refractivity contribution in [3.05, 3.63) is 29.1 Å². The van der Waals surface area contributed by atoms with Crippen LogP contribution >= 0.6 is 0 Å². The Balaban J connectivity index is 2.93. The van der Waals surface area contributed by atoms with Gasteiger partial charge in [-0.25, -0.2) is 17.1 Å². The molecule has 0 unspecified atom stereocenters. The van der Waals surface area contributed by atoms with E-state index in [4.69, 9.17) is 5.11 Å². The Labute approximate surface area is 120 Å². The maximum atomic E-state index is 13.3. The molecule has 114 valence electrons. The maximum Gasteiger partial charge on any atom is 0.243 e. The summed E-state index contributed by atoms with van der Waals surface area (Å²) in [6.07, 6.45) is 2.13. The van der Waals surface area contributed by atoms with Gasteiger partial charge in [0.1, 0.15) is 5.82 Å². The normalized spacial score (nSPS) is 12.1. The lowest BCUT2D eigenvalue weighted by molar-refractivity contribution is 0.281. The van der Waals surface area contributed by atoms with Crippen molar-refractivity contribution in [3.8, 4) is 0 Å². The molecule has 0 aliphatic rings. The first kappa shape index (κ1) is 17.1. The summed E-state index contributed by atoms with van der Waals surface area (Å²) in [5.41, 5.74) is 0.842. The third-order valence-corrected chi connectivity index (χ3v) is 5.39. The van der Waals surface area contributed by atoms with E-state index >= 15 is 0 Å². The number of hydrogen-bond acceptors (Lipinski definition) is 3. The zero-order valence-electron chi connectivity index (χ0n) is 12.2.